The van der Waals surface area contributed by atoms with Gasteiger partial charge in [-0.25, -0.2) is 10.2 Å². The van der Waals surface area contributed by atoms with Crippen LogP contribution in [0.3, 0.4) is 0 Å². The molecule has 0 heterocycles. The average Bonchev–Trinajstić information content (AvgIpc) is 2.95. The summed E-state index contributed by atoms with van der Waals surface area (Å²) in [5.74, 6) is 0.910. The van der Waals surface area contributed by atoms with E-state index in [0.29, 0.717) is 34.3 Å². The molecular formula is C29H26N2O7. The summed E-state index contributed by atoms with van der Waals surface area (Å²) in [6, 6.07) is 23.1. The number of nitrogens with one attached hydrogen (secondary N) is 1. The van der Waals surface area contributed by atoms with Crippen LogP contribution in [0, 0.1) is 0 Å². The zero-order valence-electron chi connectivity index (χ0n) is 21.1. The van der Waals surface area contributed by atoms with Crippen molar-refractivity contribution in [3.8, 4) is 28.7 Å². The Balaban J connectivity index is 1.36. The molecule has 0 spiro atoms. The molecule has 0 aliphatic carbocycles. The standard InChI is InChI=1S/C29H26N2O7/c1-34-25-15-21(16-26(35-2)28(25)36-3)29(33)38-22-11-6-8-19(14-22)17-30-31-27(32)18-37-24-13-7-10-20-9-4-5-12-23(20)24/h4-17H,18H2,1-3H3,(H,31,32). The Bertz CT molecular complexity index is 1450. The summed E-state index contributed by atoms with van der Waals surface area (Å²) in [4.78, 5) is 25.0. The fraction of sp³-hybridized carbons (Fsp3) is 0.138. The molecule has 0 aliphatic heterocycles. The van der Waals surface area contributed by atoms with E-state index in [1.54, 1.807) is 24.3 Å². The minimum Gasteiger partial charge on any atom is -0.493 e. The van der Waals surface area contributed by atoms with Crippen LogP contribution in [0.15, 0.2) is 84.0 Å². The molecular weight excluding hydrogens is 488 g/mol. The number of carbonyl (C=O) groups excluding carboxylic acids is 2. The lowest BCUT2D eigenvalue weighted by Gasteiger charge is -2.13. The van der Waals surface area contributed by atoms with Crippen LogP contribution in [0.2, 0.25) is 0 Å². The maximum atomic E-state index is 12.8. The molecule has 9 nitrogen and oxygen atoms in total. The van der Waals surface area contributed by atoms with E-state index in [0.717, 1.165) is 10.8 Å². The quantitative estimate of drug-likeness (QED) is 0.143. The van der Waals surface area contributed by atoms with Crippen LogP contribution in [-0.4, -0.2) is 46.0 Å². The van der Waals surface area contributed by atoms with Gasteiger partial charge in [-0.05, 0) is 41.3 Å². The van der Waals surface area contributed by atoms with Crippen molar-refractivity contribution in [1.29, 1.82) is 0 Å². The second-order valence-corrected chi connectivity index (χ2v) is 7.94. The maximum absolute atomic E-state index is 12.8. The highest BCUT2D eigenvalue weighted by atomic mass is 16.5. The molecule has 4 aromatic rings. The van der Waals surface area contributed by atoms with E-state index in [2.05, 4.69) is 10.5 Å². The molecule has 1 amide bonds. The molecule has 0 aliphatic rings. The van der Waals surface area contributed by atoms with Gasteiger partial charge in [-0.15, -0.1) is 0 Å². The Morgan fingerprint density at radius 1 is 0.816 bits per heavy atom. The number of nitrogens with zero attached hydrogens (tertiary/aromatic N) is 1. The van der Waals surface area contributed by atoms with Gasteiger partial charge in [0.25, 0.3) is 5.91 Å². The first kappa shape index (κ1) is 26.0. The van der Waals surface area contributed by atoms with Gasteiger partial charge in [-0.2, -0.15) is 5.10 Å². The molecule has 9 heteroatoms. The summed E-state index contributed by atoms with van der Waals surface area (Å²) in [6.07, 6.45) is 1.44. The van der Waals surface area contributed by atoms with Gasteiger partial charge in [-0.3, -0.25) is 4.79 Å². The summed E-state index contributed by atoms with van der Waals surface area (Å²) < 4.78 is 27.0. The van der Waals surface area contributed by atoms with E-state index >= 15 is 0 Å². The number of hydrazone groups is 1. The van der Waals surface area contributed by atoms with Crippen molar-refractivity contribution in [3.63, 3.8) is 0 Å². The number of hydrogen-bond acceptors (Lipinski definition) is 8. The predicted octanol–water partition coefficient (Wildman–Crippen LogP) is 4.61. The Hall–Kier alpha value is -5.05. The van der Waals surface area contributed by atoms with E-state index in [9.17, 15) is 9.59 Å². The van der Waals surface area contributed by atoms with Crippen molar-refractivity contribution >= 4 is 28.9 Å². The summed E-state index contributed by atoms with van der Waals surface area (Å²) in [5.41, 5.74) is 3.26. The largest absolute Gasteiger partial charge is 0.493 e. The molecule has 194 valence electrons. The molecule has 0 saturated heterocycles. The van der Waals surface area contributed by atoms with Crippen LogP contribution in [0.5, 0.6) is 28.7 Å². The molecule has 0 radical (unpaired) electrons. The molecule has 4 rings (SSSR count). The fourth-order valence-electron chi connectivity index (χ4n) is 3.70. The number of amides is 1. The number of rotatable bonds is 10. The third-order valence-corrected chi connectivity index (χ3v) is 5.48. The van der Waals surface area contributed by atoms with Crippen LogP contribution >= 0.6 is 0 Å². The minimum absolute atomic E-state index is 0.197. The zero-order chi connectivity index (χ0) is 26.9. The molecule has 0 fully saturated rings. The van der Waals surface area contributed by atoms with Crippen LogP contribution in [0.25, 0.3) is 10.8 Å². The molecule has 0 bridgehead atoms. The zero-order valence-corrected chi connectivity index (χ0v) is 21.1. The lowest BCUT2D eigenvalue weighted by Crippen LogP contribution is -2.24. The lowest BCUT2D eigenvalue weighted by atomic mass is 10.1. The fourth-order valence-corrected chi connectivity index (χ4v) is 3.70. The van der Waals surface area contributed by atoms with Crippen molar-refractivity contribution in [2.75, 3.05) is 27.9 Å². The van der Waals surface area contributed by atoms with Crippen molar-refractivity contribution in [2.24, 2.45) is 5.10 Å². The van der Waals surface area contributed by atoms with Crippen molar-refractivity contribution < 1.29 is 33.3 Å². The molecule has 38 heavy (non-hydrogen) atoms. The Labute approximate surface area is 219 Å². The summed E-state index contributed by atoms with van der Waals surface area (Å²) in [6.45, 7) is -0.197. The summed E-state index contributed by atoms with van der Waals surface area (Å²) in [7, 11) is 4.40. The topological polar surface area (TPSA) is 105 Å². The number of carbonyl (C=O) groups is 2. The second kappa shape index (κ2) is 12.3. The SMILES string of the molecule is COc1cc(C(=O)Oc2cccc(C=NNC(=O)COc3cccc4ccccc34)c2)cc(OC)c1OC. The highest BCUT2D eigenvalue weighted by Crippen LogP contribution is 2.38. The molecule has 0 aromatic heterocycles. The average molecular weight is 515 g/mol. The van der Waals surface area contributed by atoms with Crippen LogP contribution in [0.1, 0.15) is 15.9 Å². The van der Waals surface area contributed by atoms with Gasteiger partial charge in [0, 0.05) is 5.39 Å². The summed E-state index contributed by atoms with van der Waals surface area (Å²) >= 11 is 0. The number of methoxy groups -OCH3 is 3. The van der Waals surface area contributed by atoms with Gasteiger partial charge >= 0.3 is 5.97 Å². The summed E-state index contributed by atoms with van der Waals surface area (Å²) in [5, 5.41) is 5.91. The first-order chi connectivity index (χ1) is 18.5. The predicted molar refractivity (Wildman–Crippen MR) is 143 cm³/mol. The van der Waals surface area contributed by atoms with Gasteiger partial charge in [0.2, 0.25) is 5.75 Å². The molecule has 1 N–H and O–H groups in total. The van der Waals surface area contributed by atoms with Gasteiger partial charge < -0.3 is 23.7 Å². The third-order valence-electron chi connectivity index (χ3n) is 5.48. The number of ether oxygens (including phenoxy) is 5. The maximum Gasteiger partial charge on any atom is 0.343 e. The molecule has 0 atom stereocenters. The highest BCUT2D eigenvalue weighted by Gasteiger charge is 2.18. The third kappa shape index (κ3) is 6.19. The number of esters is 1. The van der Waals surface area contributed by atoms with Gasteiger partial charge in [0.05, 0.1) is 33.1 Å². The van der Waals surface area contributed by atoms with Crippen LogP contribution in [-0.2, 0) is 4.79 Å². The first-order valence-corrected chi connectivity index (χ1v) is 11.6. The number of benzene rings is 4. The Kier molecular flexibility index (Phi) is 8.40. The number of fused-ring (bicyclic) bond motifs is 1. The van der Waals surface area contributed by atoms with Gasteiger partial charge in [0.1, 0.15) is 11.5 Å². The van der Waals surface area contributed by atoms with E-state index in [-0.39, 0.29) is 12.2 Å². The molecule has 4 aromatic carbocycles. The molecule has 0 unspecified atom stereocenters. The Morgan fingerprint density at radius 2 is 1.53 bits per heavy atom. The molecule has 0 saturated carbocycles. The van der Waals surface area contributed by atoms with Crippen LogP contribution < -0.4 is 29.1 Å². The van der Waals surface area contributed by atoms with Gasteiger partial charge in [-0.1, -0.05) is 48.5 Å². The number of hydrogen-bond donors (Lipinski definition) is 1. The van der Waals surface area contributed by atoms with E-state index < -0.39 is 11.9 Å². The first-order valence-electron chi connectivity index (χ1n) is 11.6. The smallest absolute Gasteiger partial charge is 0.343 e. The second-order valence-electron chi connectivity index (χ2n) is 7.94. The van der Waals surface area contributed by atoms with Crippen LogP contribution in [0.4, 0.5) is 0 Å². The normalized spacial score (nSPS) is 10.7. The lowest BCUT2D eigenvalue weighted by molar-refractivity contribution is -0.123. The minimum atomic E-state index is -0.614. The van der Waals surface area contributed by atoms with E-state index in [1.165, 1.54) is 39.7 Å². The van der Waals surface area contributed by atoms with Crippen molar-refractivity contribution in [3.05, 3.63) is 90.0 Å². The van der Waals surface area contributed by atoms with E-state index in [4.69, 9.17) is 23.7 Å². The van der Waals surface area contributed by atoms with Crippen molar-refractivity contribution in [1.82, 2.24) is 5.43 Å². The Morgan fingerprint density at radius 3 is 2.26 bits per heavy atom. The van der Waals surface area contributed by atoms with Crippen molar-refractivity contribution in [2.45, 2.75) is 0 Å². The van der Waals surface area contributed by atoms with E-state index in [1.807, 2.05) is 42.5 Å². The monoisotopic (exact) mass is 514 g/mol. The van der Waals surface area contributed by atoms with Gasteiger partial charge in [0.15, 0.2) is 18.1 Å². The highest BCUT2D eigenvalue weighted by molar-refractivity contribution is 5.93.